The van der Waals surface area contributed by atoms with E-state index >= 15 is 0 Å². The number of hydrazone groups is 1. The maximum atomic E-state index is 11.9. The second-order valence-electron chi connectivity index (χ2n) is 4.71. The molecule has 1 aromatic carbocycles. The standard InChI is InChI=1S/C15H17BrN4O3/c1-9-12(5-6-21)14(22)19-15(18-9)20-17-8-10-7-11(16)3-4-13(10)23-2/h3-4,7-8,21H,5-6H2,1-2H3,(H2,18,19,20,22)/b17-8-. The highest BCUT2D eigenvalue weighted by atomic mass is 79.9. The number of ether oxygens (including phenoxy) is 1. The number of aliphatic hydroxyl groups is 1. The minimum absolute atomic E-state index is 0.0980. The minimum Gasteiger partial charge on any atom is -0.496 e. The van der Waals surface area contributed by atoms with Crippen LogP contribution in [0.2, 0.25) is 0 Å². The van der Waals surface area contributed by atoms with E-state index in [1.807, 2.05) is 18.2 Å². The van der Waals surface area contributed by atoms with Crippen LogP contribution in [0.25, 0.3) is 0 Å². The number of aromatic amines is 1. The Kier molecular flexibility index (Phi) is 5.89. The molecule has 0 aliphatic rings. The van der Waals surface area contributed by atoms with E-state index in [9.17, 15) is 4.79 Å². The molecule has 7 nitrogen and oxygen atoms in total. The summed E-state index contributed by atoms with van der Waals surface area (Å²) in [6.07, 6.45) is 1.84. The first-order valence-corrected chi connectivity index (χ1v) is 7.67. The second kappa shape index (κ2) is 7.89. The molecule has 8 heteroatoms. The first-order chi connectivity index (χ1) is 11.0. The monoisotopic (exact) mass is 380 g/mol. The van der Waals surface area contributed by atoms with Crippen molar-refractivity contribution >= 4 is 28.1 Å². The zero-order valence-corrected chi connectivity index (χ0v) is 14.3. The van der Waals surface area contributed by atoms with Crippen LogP contribution in [-0.2, 0) is 6.42 Å². The molecular formula is C15H17BrN4O3. The summed E-state index contributed by atoms with van der Waals surface area (Å²) in [6.45, 7) is 1.62. The number of methoxy groups -OCH3 is 1. The average Bonchev–Trinajstić information content (AvgIpc) is 2.51. The number of anilines is 1. The van der Waals surface area contributed by atoms with Crippen LogP contribution in [0.1, 0.15) is 16.8 Å². The molecule has 23 heavy (non-hydrogen) atoms. The van der Waals surface area contributed by atoms with Gasteiger partial charge in [-0.15, -0.1) is 0 Å². The number of hydrogen-bond acceptors (Lipinski definition) is 6. The molecule has 0 fully saturated rings. The average molecular weight is 381 g/mol. The van der Waals surface area contributed by atoms with Crippen LogP contribution in [0, 0.1) is 6.92 Å². The predicted octanol–water partition coefficient (Wildman–Crippen LogP) is 1.83. The number of aryl methyl sites for hydroxylation is 1. The predicted molar refractivity (Wildman–Crippen MR) is 92.3 cm³/mol. The Morgan fingerprint density at radius 1 is 1.52 bits per heavy atom. The summed E-state index contributed by atoms with van der Waals surface area (Å²) in [4.78, 5) is 18.7. The molecule has 0 saturated heterocycles. The number of halogens is 1. The van der Waals surface area contributed by atoms with Gasteiger partial charge in [0.25, 0.3) is 5.56 Å². The Balaban J connectivity index is 2.18. The van der Waals surface area contributed by atoms with Crippen molar-refractivity contribution in [1.82, 2.24) is 9.97 Å². The molecule has 0 aliphatic carbocycles. The molecule has 2 rings (SSSR count). The molecular weight excluding hydrogens is 364 g/mol. The van der Waals surface area contributed by atoms with Gasteiger partial charge in [-0.2, -0.15) is 5.10 Å². The largest absolute Gasteiger partial charge is 0.496 e. The molecule has 0 spiro atoms. The fraction of sp³-hybridized carbons (Fsp3) is 0.267. The fourth-order valence-corrected chi connectivity index (χ4v) is 2.42. The summed E-state index contributed by atoms with van der Waals surface area (Å²) in [5.41, 5.74) is 4.19. The van der Waals surface area contributed by atoms with Gasteiger partial charge in [-0.3, -0.25) is 9.78 Å². The Bertz CT molecular complexity index is 774. The lowest BCUT2D eigenvalue weighted by Crippen LogP contribution is -2.19. The van der Waals surface area contributed by atoms with E-state index in [0.717, 1.165) is 10.0 Å². The topological polar surface area (TPSA) is 99.6 Å². The van der Waals surface area contributed by atoms with Crippen molar-refractivity contribution < 1.29 is 9.84 Å². The zero-order chi connectivity index (χ0) is 16.8. The second-order valence-corrected chi connectivity index (χ2v) is 5.62. The third-order valence-corrected chi connectivity index (χ3v) is 3.64. The Morgan fingerprint density at radius 2 is 2.30 bits per heavy atom. The summed E-state index contributed by atoms with van der Waals surface area (Å²) in [5, 5.41) is 13.0. The first-order valence-electron chi connectivity index (χ1n) is 6.88. The smallest absolute Gasteiger partial charge is 0.255 e. The maximum Gasteiger partial charge on any atom is 0.255 e. The van der Waals surface area contributed by atoms with Crippen molar-refractivity contribution in [1.29, 1.82) is 0 Å². The first kappa shape index (κ1) is 17.2. The number of aromatic nitrogens is 2. The number of rotatable bonds is 6. The summed E-state index contributed by atoms with van der Waals surface area (Å²) >= 11 is 3.39. The van der Waals surface area contributed by atoms with Gasteiger partial charge in [0.2, 0.25) is 5.95 Å². The van der Waals surface area contributed by atoms with Crippen molar-refractivity contribution in [2.75, 3.05) is 19.1 Å². The highest BCUT2D eigenvalue weighted by Gasteiger charge is 2.07. The van der Waals surface area contributed by atoms with Crippen molar-refractivity contribution in [2.45, 2.75) is 13.3 Å². The molecule has 0 unspecified atom stereocenters. The van der Waals surface area contributed by atoms with Crippen LogP contribution in [0.15, 0.2) is 32.6 Å². The van der Waals surface area contributed by atoms with Gasteiger partial charge in [-0.25, -0.2) is 10.4 Å². The van der Waals surface area contributed by atoms with Gasteiger partial charge in [0, 0.05) is 28.6 Å². The molecule has 0 atom stereocenters. The number of hydrogen-bond donors (Lipinski definition) is 3. The summed E-state index contributed by atoms with van der Waals surface area (Å²) in [6, 6.07) is 5.54. The normalized spacial score (nSPS) is 11.0. The Labute approximate surface area is 141 Å². The van der Waals surface area contributed by atoms with E-state index < -0.39 is 0 Å². The molecule has 0 aliphatic heterocycles. The van der Waals surface area contributed by atoms with Crippen LogP contribution in [0.4, 0.5) is 5.95 Å². The maximum absolute atomic E-state index is 11.9. The third-order valence-electron chi connectivity index (χ3n) is 3.15. The molecule has 0 radical (unpaired) electrons. The molecule has 122 valence electrons. The molecule has 0 amide bonds. The van der Waals surface area contributed by atoms with E-state index in [4.69, 9.17) is 9.84 Å². The molecule has 1 aromatic heterocycles. The summed E-state index contributed by atoms with van der Waals surface area (Å²) in [5.74, 6) is 0.911. The fourth-order valence-electron chi connectivity index (χ4n) is 2.04. The Hall–Kier alpha value is -2.19. The number of benzene rings is 1. The molecule has 1 heterocycles. The van der Waals surface area contributed by atoms with Crippen LogP contribution in [-0.4, -0.2) is 35.0 Å². The lowest BCUT2D eigenvalue weighted by Gasteiger charge is -2.06. The number of nitrogens with one attached hydrogen (secondary N) is 2. The lowest BCUT2D eigenvalue weighted by molar-refractivity contribution is 0.298. The zero-order valence-electron chi connectivity index (χ0n) is 12.8. The quantitative estimate of drug-likeness (QED) is 0.524. The van der Waals surface area contributed by atoms with Crippen LogP contribution < -0.4 is 15.7 Å². The van der Waals surface area contributed by atoms with Gasteiger partial charge in [-0.05, 0) is 25.1 Å². The molecule has 3 N–H and O–H groups in total. The van der Waals surface area contributed by atoms with Gasteiger partial charge in [0.1, 0.15) is 5.75 Å². The van der Waals surface area contributed by atoms with Crippen LogP contribution >= 0.6 is 15.9 Å². The van der Waals surface area contributed by atoms with Crippen LogP contribution in [0.5, 0.6) is 5.75 Å². The number of nitrogens with zero attached hydrogens (tertiary/aromatic N) is 2. The van der Waals surface area contributed by atoms with E-state index in [1.54, 1.807) is 20.2 Å². The van der Waals surface area contributed by atoms with Gasteiger partial charge < -0.3 is 9.84 Å². The van der Waals surface area contributed by atoms with E-state index in [0.29, 0.717) is 17.0 Å². The molecule has 0 saturated carbocycles. The van der Waals surface area contributed by atoms with E-state index in [2.05, 4.69) is 36.4 Å². The number of H-pyrrole nitrogens is 1. The van der Waals surface area contributed by atoms with Gasteiger partial charge in [0.05, 0.1) is 19.0 Å². The lowest BCUT2D eigenvalue weighted by atomic mass is 10.2. The van der Waals surface area contributed by atoms with Gasteiger partial charge in [-0.1, -0.05) is 15.9 Å². The Morgan fingerprint density at radius 3 is 2.96 bits per heavy atom. The third kappa shape index (κ3) is 4.40. The molecule has 0 bridgehead atoms. The highest BCUT2D eigenvalue weighted by Crippen LogP contribution is 2.21. The van der Waals surface area contributed by atoms with Crippen molar-refractivity contribution in [3.8, 4) is 5.75 Å². The number of aliphatic hydroxyl groups excluding tert-OH is 1. The van der Waals surface area contributed by atoms with Gasteiger partial charge in [0.15, 0.2) is 0 Å². The van der Waals surface area contributed by atoms with Crippen LogP contribution in [0.3, 0.4) is 0 Å². The summed E-state index contributed by atoms with van der Waals surface area (Å²) in [7, 11) is 1.58. The summed E-state index contributed by atoms with van der Waals surface area (Å²) < 4.78 is 6.15. The van der Waals surface area contributed by atoms with E-state index in [1.165, 1.54) is 0 Å². The minimum atomic E-state index is -0.288. The van der Waals surface area contributed by atoms with Crippen molar-refractivity contribution in [2.24, 2.45) is 5.10 Å². The molecule has 2 aromatic rings. The van der Waals surface area contributed by atoms with Crippen molar-refractivity contribution in [3.05, 3.63) is 49.8 Å². The van der Waals surface area contributed by atoms with Gasteiger partial charge >= 0.3 is 0 Å². The highest BCUT2D eigenvalue weighted by molar-refractivity contribution is 9.10. The SMILES string of the molecule is COc1ccc(Br)cc1/C=N\Nc1nc(C)c(CCO)c(=O)[nH]1. The van der Waals surface area contributed by atoms with E-state index in [-0.39, 0.29) is 24.5 Å². The van der Waals surface area contributed by atoms with Crippen molar-refractivity contribution in [3.63, 3.8) is 0 Å².